The topological polar surface area (TPSA) is 76.4 Å². The highest BCUT2D eigenvalue weighted by Gasteiger charge is 2.42. The fraction of sp³-hybridized carbons (Fsp3) is 0.636. The van der Waals surface area contributed by atoms with E-state index in [0.29, 0.717) is 23.3 Å². The van der Waals surface area contributed by atoms with Gasteiger partial charge in [-0.2, -0.15) is 5.10 Å². The molecule has 7 heteroatoms. The highest BCUT2D eigenvalue weighted by atomic mass is 79.9. The van der Waals surface area contributed by atoms with Gasteiger partial charge in [0.25, 0.3) is 5.56 Å². The second-order valence-corrected chi connectivity index (χ2v) is 5.25. The fourth-order valence-corrected chi connectivity index (χ4v) is 2.05. The quantitative estimate of drug-likeness (QED) is 0.803. The Balaban J connectivity index is 2.18. The molecule has 0 atom stereocenters. The van der Waals surface area contributed by atoms with E-state index < -0.39 is 0 Å². The molecular weight excluding hydrogens is 302 g/mol. The Kier molecular flexibility index (Phi) is 4.04. The fourth-order valence-electron chi connectivity index (χ4n) is 1.65. The van der Waals surface area contributed by atoms with Crippen molar-refractivity contribution in [3.8, 4) is 0 Å². The van der Waals surface area contributed by atoms with E-state index in [1.165, 1.54) is 4.68 Å². The molecule has 1 aromatic rings. The summed E-state index contributed by atoms with van der Waals surface area (Å²) in [4.78, 5) is 12.0. The molecule has 18 heavy (non-hydrogen) atoms. The minimum Gasteiger partial charge on any atom is -0.394 e. The molecule has 6 nitrogen and oxygen atoms in total. The van der Waals surface area contributed by atoms with Crippen molar-refractivity contribution in [2.24, 2.45) is 0 Å². The van der Waals surface area contributed by atoms with Gasteiger partial charge in [-0.3, -0.25) is 4.79 Å². The molecule has 1 aromatic heterocycles. The standard InChI is InChI=1S/C11H16BrN3O3/c1-18-5-4-15-10(17)9(12)8(6-13-15)14-11(7-16)2-3-11/h6,14,16H,2-5,7H2,1H3. The van der Waals surface area contributed by atoms with E-state index in [1.807, 2.05) is 0 Å². The second kappa shape index (κ2) is 5.38. The van der Waals surface area contributed by atoms with Crippen LogP contribution in [0.2, 0.25) is 0 Å². The monoisotopic (exact) mass is 317 g/mol. The van der Waals surface area contributed by atoms with Crippen LogP contribution < -0.4 is 10.9 Å². The number of nitrogens with zero attached hydrogens (tertiary/aromatic N) is 2. The van der Waals surface area contributed by atoms with Crippen molar-refractivity contribution in [1.82, 2.24) is 9.78 Å². The van der Waals surface area contributed by atoms with Gasteiger partial charge in [0.2, 0.25) is 0 Å². The van der Waals surface area contributed by atoms with E-state index in [2.05, 4.69) is 26.3 Å². The zero-order chi connectivity index (χ0) is 13.2. The lowest BCUT2D eigenvalue weighted by molar-refractivity contribution is 0.181. The molecule has 0 bridgehead atoms. The number of ether oxygens (including phenoxy) is 1. The average Bonchev–Trinajstić information content (AvgIpc) is 3.15. The lowest BCUT2D eigenvalue weighted by atomic mass is 10.3. The molecule has 2 rings (SSSR count). The molecule has 100 valence electrons. The largest absolute Gasteiger partial charge is 0.394 e. The summed E-state index contributed by atoms with van der Waals surface area (Å²) in [6.07, 6.45) is 3.41. The second-order valence-electron chi connectivity index (χ2n) is 4.46. The first-order valence-electron chi connectivity index (χ1n) is 5.75. The molecule has 0 aromatic carbocycles. The predicted molar refractivity (Wildman–Crippen MR) is 70.7 cm³/mol. The molecule has 1 heterocycles. The summed E-state index contributed by atoms with van der Waals surface area (Å²) in [5.41, 5.74) is 0.154. The number of halogens is 1. The number of methoxy groups -OCH3 is 1. The smallest absolute Gasteiger partial charge is 0.283 e. The first kappa shape index (κ1) is 13.5. The van der Waals surface area contributed by atoms with E-state index in [9.17, 15) is 9.90 Å². The molecule has 0 amide bonds. The maximum absolute atomic E-state index is 12.0. The molecule has 0 radical (unpaired) electrons. The third kappa shape index (κ3) is 2.73. The van der Waals surface area contributed by atoms with E-state index >= 15 is 0 Å². The van der Waals surface area contributed by atoms with E-state index in [-0.39, 0.29) is 17.7 Å². The number of nitrogens with one attached hydrogen (secondary N) is 1. The van der Waals surface area contributed by atoms with Crippen LogP contribution in [-0.4, -0.2) is 40.7 Å². The van der Waals surface area contributed by atoms with Crippen molar-refractivity contribution in [3.63, 3.8) is 0 Å². The Morgan fingerprint density at radius 3 is 2.94 bits per heavy atom. The van der Waals surface area contributed by atoms with Gasteiger partial charge in [-0.15, -0.1) is 0 Å². The number of hydrogen-bond acceptors (Lipinski definition) is 5. The summed E-state index contributed by atoms with van der Waals surface area (Å²) >= 11 is 3.27. The van der Waals surface area contributed by atoms with Crippen LogP contribution in [0.1, 0.15) is 12.8 Å². The van der Waals surface area contributed by atoms with Gasteiger partial charge in [-0.25, -0.2) is 4.68 Å². The van der Waals surface area contributed by atoms with Crippen LogP contribution in [0.5, 0.6) is 0 Å². The Morgan fingerprint density at radius 2 is 2.39 bits per heavy atom. The van der Waals surface area contributed by atoms with Gasteiger partial charge in [0, 0.05) is 7.11 Å². The van der Waals surface area contributed by atoms with Crippen LogP contribution >= 0.6 is 15.9 Å². The van der Waals surface area contributed by atoms with E-state index in [0.717, 1.165) is 12.8 Å². The zero-order valence-corrected chi connectivity index (χ0v) is 11.7. The molecule has 0 spiro atoms. The minimum absolute atomic E-state index is 0.0617. The number of aliphatic hydroxyl groups excluding tert-OH is 1. The van der Waals surface area contributed by atoms with Crippen LogP contribution in [0.3, 0.4) is 0 Å². The van der Waals surface area contributed by atoms with Gasteiger partial charge in [-0.05, 0) is 28.8 Å². The van der Waals surface area contributed by atoms with Crippen molar-refractivity contribution >= 4 is 21.6 Å². The summed E-state index contributed by atoms with van der Waals surface area (Å²) < 4.78 is 6.70. The zero-order valence-electron chi connectivity index (χ0n) is 10.1. The molecule has 0 aliphatic heterocycles. The van der Waals surface area contributed by atoms with Crippen molar-refractivity contribution in [3.05, 3.63) is 21.0 Å². The van der Waals surface area contributed by atoms with E-state index in [4.69, 9.17) is 4.74 Å². The molecule has 1 aliphatic carbocycles. The molecule has 0 unspecified atom stereocenters. The Labute approximate surface area is 113 Å². The first-order chi connectivity index (χ1) is 8.62. The van der Waals surface area contributed by atoms with E-state index in [1.54, 1.807) is 13.3 Å². The van der Waals surface area contributed by atoms with Crippen molar-refractivity contribution in [1.29, 1.82) is 0 Å². The molecular formula is C11H16BrN3O3. The summed E-state index contributed by atoms with van der Waals surface area (Å²) in [6.45, 7) is 0.915. The van der Waals surface area contributed by atoms with Gasteiger partial charge < -0.3 is 15.2 Å². The van der Waals surface area contributed by atoms with Gasteiger partial charge in [0.15, 0.2) is 0 Å². The third-order valence-corrected chi connectivity index (χ3v) is 3.81. The van der Waals surface area contributed by atoms with Crippen LogP contribution in [0.25, 0.3) is 0 Å². The molecule has 2 N–H and O–H groups in total. The highest BCUT2D eigenvalue weighted by Crippen LogP contribution is 2.39. The maximum Gasteiger partial charge on any atom is 0.283 e. The average molecular weight is 318 g/mol. The van der Waals surface area contributed by atoms with Gasteiger partial charge in [0.1, 0.15) is 4.47 Å². The number of rotatable bonds is 6. The maximum atomic E-state index is 12.0. The summed E-state index contributed by atoms with van der Waals surface area (Å²) in [7, 11) is 1.58. The van der Waals surface area contributed by atoms with Crippen LogP contribution in [-0.2, 0) is 11.3 Å². The number of hydrogen-bond donors (Lipinski definition) is 2. The molecule has 1 fully saturated rings. The predicted octanol–water partition coefficient (Wildman–Crippen LogP) is 0.589. The van der Waals surface area contributed by atoms with Crippen LogP contribution in [0.4, 0.5) is 5.69 Å². The third-order valence-electron chi connectivity index (χ3n) is 3.05. The Hall–Kier alpha value is -0.920. The Morgan fingerprint density at radius 1 is 1.67 bits per heavy atom. The highest BCUT2D eigenvalue weighted by molar-refractivity contribution is 9.10. The first-order valence-corrected chi connectivity index (χ1v) is 6.55. The minimum atomic E-state index is -0.268. The van der Waals surface area contributed by atoms with Gasteiger partial charge >= 0.3 is 0 Å². The Bertz CT molecular complexity index is 485. The lowest BCUT2D eigenvalue weighted by Gasteiger charge is -2.17. The molecule has 1 aliphatic rings. The lowest BCUT2D eigenvalue weighted by Crippen LogP contribution is -2.30. The van der Waals surface area contributed by atoms with Crippen molar-refractivity contribution in [2.45, 2.75) is 24.9 Å². The SMILES string of the molecule is COCCn1ncc(NC2(CO)CC2)c(Br)c1=O. The van der Waals surface area contributed by atoms with Crippen molar-refractivity contribution < 1.29 is 9.84 Å². The van der Waals surface area contributed by atoms with Gasteiger partial charge in [-0.1, -0.05) is 0 Å². The van der Waals surface area contributed by atoms with Crippen LogP contribution in [0.15, 0.2) is 15.5 Å². The van der Waals surface area contributed by atoms with Gasteiger partial charge in [0.05, 0.1) is 37.2 Å². The number of anilines is 1. The van der Waals surface area contributed by atoms with Crippen LogP contribution in [0, 0.1) is 0 Å². The summed E-state index contributed by atoms with van der Waals surface area (Å²) in [5, 5.41) is 16.5. The number of aliphatic hydroxyl groups is 1. The number of aromatic nitrogens is 2. The molecule has 1 saturated carbocycles. The normalized spacial score (nSPS) is 16.6. The summed E-state index contributed by atoms with van der Waals surface area (Å²) in [5.74, 6) is 0. The van der Waals surface area contributed by atoms with Crippen molar-refractivity contribution in [2.75, 3.05) is 25.6 Å². The summed E-state index contributed by atoms with van der Waals surface area (Å²) in [6, 6.07) is 0. The molecule has 0 saturated heterocycles.